The molecule has 0 fully saturated rings. The maximum absolute atomic E-state index is 13.6. The summed E-state index contributed by atoms with van der Waals surface area (Å²) in [4.78, 5) is 12.8. The third-order valence-corrected chi connectivity index (χ3v) is 6.47. The zero-order valence-electron chi connectivity index (χ0n) is 16.6. The van der Waals surface area contributed by atoms with Gasteiger partial charge >= 0.3 is 0 Å². The molecular weight excluding hydrogens is 398 g/mol. The Hall–Kier alpha value is -2.48. The molecule has 0 heterocycles. The van der Waals surface area contributed by atoms with Gasteiger partial charge in [0, 0.05) is 6.07 Å². The highest BCUT2D eigenvalue weighted by molar-refractivity contribution is 7.92. The smallest absolute Gasteiger partial charge is 0.244 e. The molecule has 29 heavy (non-hydrogen) atoms. The maximum atomic E-state index is 13.6. The van der Waals surface area contributed by atoms with Gasteiger partial charge in [0.25, 0.3) is 0 Å². The Morgan fingerprint density at radius 3 is 2.38 bits per heavy atom. The van der Waals surface area contributed by atoms with Crippen molar-refractivity contribution < 1.29 is 22.0 Å². The van der Waals surface area contributed by atoms with E-state index in [4.69, 9.17) is 0 Å². The van der Waals surface area contributed by atoms with Crippen molar-refractivity contribution in [2.24, 2.45) is 0 Å². The molecule has 0 spiro atoms. The van der Waals surface area contributed by atoms with Crippen LogP contribution in [0.2, 0.25) is 0 Å². The molecule has 0 saturated heterocycles. The average Bonchev–Trinajstić information content (AvgIpc) is 3.11. The molecule has 0 radical (unpaired) electrons. The Balaban J connectivity index is 1.81. The molecule has 5 nitrogen and oxygen atoms in total. The summed E-state index contributed by atoms with van der Waals surface area (Å²) in [7, 11) is -3.92. The van der Waals surface area contributed by atoms with E-state index in [2.05, 4.69) is 17.4 Å². The van der Waals surface area contributed by atoms with Crippen LogP contribution in [-0.4, -0.2) is 26.6 Å². The van der Waals surface area contributed by atoms with Crippen LogP contribution in [0.5, 0.6) is 0 Å². The number of carbonyl (C=O) groups excluding carboxylic acids is 1. The predicted octanol–water partition coefficient (Wildman–Crippen LogP) is 3.49. The van der Waals surface area contributed by atoms with Crippen LogP contribution in [0, 0.1) is 11.6 Å². The second-order valence-corrected chi connectivity index (χ2v) is 9.30. The molecule has 3 rings (SSSR count). The van der Waals surface area contributed by atoms with Crippen LogP contribution in [0.15, 0.2) is 36.4 Å². The fourth-order valence-corrected chi connectivity index (χ4v) is 4.88. The summed E-state index contributed by atoms with van der Waals surface area (Å²) >= 11 is 0. The molecule has 1 amide bonds. The van der Waals surface area contributed by atoms with Crippen LogP contribution >= 0.6 is 0 Å². The van der Waals surface area contributed by atoms with Crippen LogP contribution in [0.25, 0.3) is 0 Å². The molecule has 1 aliphatic rings. The predicted molar refractivity (Wildman–Crippen MR) is 108 cm³/mol. The average molecular weight is 422 g/mol. The van der Waals surface area contributed by atoms with Gasteiger partial charge in [0.05, 0.1) is 18.0 Å². The lowest BCUT2D eigenvalue weighted by Gasteiger charge is -2.29. The van der Waals surface area contributed by atoms with E-state index >= 15 is 0 Å². The van der Waals surface area contributed by atoms with Crippen LogP contribution in [0.1, 0.15) is 43.0 Å². The van der Waals surface area contributed by atoms with Crippen molar-refractivity contribution in [2.45, 2.75) is 45.2 Å². The summed E-state index contributed by atoms with van der Waals surface area (Å²) < 4.78 is 52.3. The summed E-state index contributed by atoms with van der Waals surface area (Å²) in [6.07, 6.45) is 4.11. The van der Waals surface area contributed by atoms with Crippen LogP contribution in [0.3, 0.4) is 0 Å². The number of fused-ring (bicyclic) bond motifs is 1. The lowest BCUT2D eigenvalue weighted by Crippen LogP contribution is -2.48. The summed E-state index contributed by atoms with van der Waals surface area (Å²) in [5.41, 5.74) is 3.42. The Morgan fingerprint density at radius 1 is 1.03 bits per heavy atom. The van der Waals surface area contributed by atoms with Gasteiger partial charge in [-0.1, -0.05) is 18.2 Å². The minimum Gasteiger partial charge on any atom is -0.348 e. The quantitative estimate of drug-likeness (QED) is 0.775. The largest absolute Gasteiger partial charge is 0.348 e. The molecule has 1 aliphatic carbocycles. The lowest BCUT2D eigenvalue weighted by atomic mass is 10.0. The van der Waals surface area contributed by atoms with Crippen molar-refractivity contribution in [3.63, 3.8) is 0 Å². The highest BCUT2D eigenvalue weighted by Crippen LogP contribution is 2.26. The standard InChI is InChI=1S/C21H24F2N2O3S/c1-13(16-8-7-15-5-4-6-17(15)11-16)24-21(26)14(2)25(29(3,27)28)18-9-10-19(22)20(23)12-18/h7-14H,4-6H2,1-3H3,(H,24,26)/t13-,14+/m1/s1. The first-order valence-electron chi connectivity index (χ1n) is 9.44. The molecule has 156 valence electrons. The number of halogens is 2. The van der Waals surface area contributed by atoms with Crippen molar-refractivity contribution in [2.75, 3.05) is 10.6 Å². The van der Waals surface area contributed by atoms with Gasteiger partial charge in [0.2, 0.25) is 15.9 Å². The maximum Gasteiger partial charge on any atom is 0.244 e. The van der Waals surface area contributed by atoms with Gasteiger partial charge in [0.15, 0.2) is 11.6 Å². The number of hydrogen-bond donors (Lipinski definition) is 1. The van der Waals surface area contributed by atoms with Gasteiger partial charge < -0.3 is 5.32 Å². The van der Waals surface area contributed by atoms with E-state index in [0.29, 0.717) is 0 Å². The first-order valence-corrected chi connectivity index (χ1v) is 11.3. The van der Waals surface area contributed by atoms with E-state index in [1.807, 2.05) is 13.0 Å². The van der Waals surface area contributed by atoms with E-state index in [1.165, 1.54) is 18.1 Å². The molecular formula is C21H24F2N2O3S. The Bertz CT molecular complexity index is 1040. The molecule has 0 saturated carbocycles. The number of aryl methyl sites for hydroxylation is 2. The van der Waals surface area contributed by atoms with Gasteiger partial charge in [0.1, 0.15) is 6.04 Å². The number of rotatable bonds is 6. The highest BCUT2D eigenvalue weighted by atomic mass is 32.2. The van der Waals surface area contributed by atoms with Crippen molar-refractivity contribution in [3.8, 4) is 0 Å². The SMILES string of the molecule is C[C@@H](NC(=O)[C@H](C)N(c1ccc(F)c(F)c1)S(C)(=O)=O)c1ccc2c(c1)CCC2. The van der Waals surface area contributed by atoms with Gasteiger partial charge in [-0.05, 0) is 61.9 Å². The van der Waals surface area contributed by atoms with Crippen molar-refractivity contribution in [1.82, 2.24) is 5.32 Å². The summed E-state index contributed by atoms with van der Waals surface area (Å²) in [6, 6.07) is 7.35. The number of anilines is 1. The fraction of sp³-hybridized carbons (Fsp3) is 0.381. The summed E-state index contributed by atoms with van der Waals surface area (Å²) in [5.74, 6) is -2.81. The van der Waals surface area contributed by atoms with Crippen LogP contribution < -0.4 is 9.62 Å². The fourth-order valence-electron chi connectivity index (χ4n) is 3.71. The van der Waals surface area contributed by atoms with Gasteiger partial charge in [-0.25, -0.2) is 17.2 Å². The molecule has 0 aliphatic heterocycles. The number of carbonyl (C=O) groups is 1. The van der Waals surface area contributed by atoms with Crippen molar-refractivity contribution in [3.05, 3.63) is 64.7 Å². The molecule has 2 aromatic rings. The minimum atomic E-state index is -3.92. The van der Waals surface area contributed by atoms with Crippen molar-refractivity contribution >= 4 is 21.6 Å². The van der Waals surface area contributed by atoms with Crippen LogP contribution in [-0.2, 0) is 27.7 Å². The number of nitrogens with zero attached hydrogens (tertiary/aromatic N) is 1. The molecule has 8 heteroatoms. The highest BCUT2D eigenvalue weighted by Gasteiger charge is 2.30. The van der Waals surface area contributed by atoms with E-state index in [1.54, 1.807) is 0 Å². The van der Waals surface area contributed by atoms with Gasteiger partial charge in [-0.15, -0.1) is 0 Å². The van der Waals surface area contributed by atoms with E-state index in [-0.39, 0.29) is 11.7 Å². The Kier molecular flexibility index (Phi) is 5.93. The number of sulfonamides is 1. The second-order valence-electron chi connectivity index (χ2n) is 7.45. The number of amides is 1. The van der Waals surface area contributed by atoms with Crippen LogP contribution in [0.4, 0.5) is 14.5 Å². The molecule has 1 N–H and O–H groups in total. The lowest BCUT2D eigenvalue weighted by molar-refractivity contribution is -0.122. The number of benzene rings is 2. The third kappa shape index (κ3) is 4.58. The molecule has 2 aromatic carbocycles. The summed E-state index contributed by atoms with van der Waals surface area (Å²) in [5, 5.41) is 2.82. The first-order chi connectivity index (χ1) is 13.6. The molecule has 0 unspecified atom stereocenters. The third-order valence-electron chi connectivity index (χ3n) is 5.23. The van der Waals surface area contributed by atoms with Gasteiger partial charge in [-0.2, -0.15) is 0 Å². The molecule has 2 atom stereocenters. The normalized spacial score (nSPS) is 15.5. The van der Waals surface area contributed by atoms with Crippen molar-refractivity contribution in [1.29, 1.82) is 0 Å². The second kappa shape index (κ2) is 8.10. The first kappa shape index (κ1) is 21.2. The minimum absolute atomic E-state index is 0.112. The van der Waals surface area contributed by atoms with E-state index < -0.39 is 33.6 Å². The monoisotopic (exact) mass is 422 g/mol. The molecule has 0 bridgehead atoms. The molecule has 0 aromatic heterocycles. The summed E-state index contributed by atoms with van der Waals surface area (Å²) in [6.45, 7) is 3.23. The zero-order valence-corrected chi connectivity index (χ0v) is 17.4. The Labute approximate surface area is 169 Å². The van der Waals surface area contributed by atoms with E-state index in [0.717, 1.165) is 53.6 Å². The van der Waals surface area contributed by atoms with Gasteiger partial charge in [-0.3, -0.25) is 9.10 Å². The number of nitrogens with one attached hydrogen (secondary N) is 1. The topological polar surface area (TPSA) is 66.5 Å². The number of hydrogen-bond acceptors (Lipinski definition) is 3. The van der Waals surface area contributed by atoms with E-state index in [9.17, 15) is 22.0 Å². The Morgan fingerprint density at radius 2 is 1.72 bits per heavy atom. The zero-order chi connectivity index (χ0) is 21.3.